The Labute approximate surface area is 108 Å². The van der Waals surface area contributed by atoms with Crippen LogP contribution in [0.1, 0.15) is 4.88 Å². The highest BCUT2D eigenvalue weighted by atomic mass is 32.2. The van der Waals surface area contributed by atoms with E-state index in [4.69, 9.17) is 5.84 Å². The van der Waals surface area contributed by atoms with Gasteiger partial charge in [0.15, 0.2) is 0 Å². The van der Waals surface area contributed by atoms with Crippen molar-refractivity contribution in [3.63, 3.8) is 0 Å². The van der Waals surface area contributed by atoms with Gasteiger partial charge < -0.3 is 5.32 Å². The van der Waals surface area contributed by atoms with E-state index in [2.05, 4.69) is 40.0 Å². The number of fused-ring (bicyclic) bond motifs is 1. The second kappa shape index (κ2) is 5.52. The molecule has 0 saturated carbocycles. The van der Waals surface area contributed by atoms with E-state index in [1.807, 2.05) is 0 Å². The van der Waals surface area contributed by atoms with Crippen molar-refractivity contribution < 1.29 is 0 Å². The third-order valence-electron chi connectivity index (χ3n) is 2.24. The molecule has 2 aromatic heterocycles. The lowest BCUT2D eigenvalue weighted by molar-refractivity contribution is 1.12. The van der Waals surface area contributed by atoms with Crippen molar-refractivity contribution in [2.45, 2.75) is 6.92 Å². The molecule has 2 aromatic rings. The minimum absolute atomic E-state index is 0.450. The molecule has 0 fully saturated rings. The van der Waals surface area contributed by atoms with Crippen LogP contribution < -0.4 is 16.6 Å². The molecule has 0 aliphatic heterocycles. The van der Waals surface area contributed by atoms with Gasteiger partial charge >= 0.3 is 0 Å². The van der Waals surface area contributed by atoms with Crippen molar-refractivity contribution in [1.82, 2.24) is 9.97 Å². The standard InChI is InChI=1S/C10H15N5S2/c1-6-5-7-8(12-3-4-16-2)13-10(15-11)14-9(7)17-6/h5H,3-4,11H2,1-2H3,(H2,12,13,14,15). The number of anilines is 2. The summed E-state index contributed by atoms with van der Waals surface area (Å²) in [5.74, 6) is 7.71. The molecule has 0 aliphatic rings. The van der Waals surface area contributed by atoms with E-state index in [1.54, 1.807) is 23.1 Å². The molecule has 5 nitrogen and oxygen atoms in total. The van der Waals surface area contributed by atoms with Gasteiger partial charge in [-0.1, -0.05) is 0 Å². The second-order valence-electron chi connectivity index (χ2n) is 3.54. The van der Waals surface area contributed by atoms with Gasteiger partial charge in [-0.25, -0.2) is 10.8 Å². The van der Waals surface area contributed by atoms with Crippen LogP contribution in [0.25, 0.3) is 10.2 Å². The predicted molar refractivity (Wildman–Crippen MR) is 76.8 cm³/mol. The third-order valence-corrected chi connectivity index (χ3v) is 3.80. The first-order valence-electron chi connectivity index (χ1n) is 5.22. The Morgan fingerprint density at radius 3 is 3.00 bits per heavy atom. The topological polar surface area (TPSA) is 75.9 Å². The number of nitrogens with zero attached hydrogens (tertiary/aromatic N) is 2. The van der Waals surface area contributed by atoms with E-state index in [9.17, 15) is 0 Å². The van der Waals surface area contributed by atoms with Crippen molar-refractivity contribution in [3.05, 3.63) is 10.9 Å². The summed E-state index contributed by atoms with van der Waals surface area (Å²) in [6.07, 6.45) is 2.08. The van der Waals surface area contributed by atoms with Crippen molar-refractivity contribution in [3.8, 4) is 0 Å². The number of nitrogens with one attached hydrogen (secondary N) is 2. The SMILES string of the molecule is CSCCNc1nc(NN)nc2sc(C)cc12. The highest BCUT2D eigenvalue weighted by Gasteiger charge is 2.09. The Kier molecular flexibility index (Phi) is 4.03. The Balaban J connectivity index is 2.36. The second-order valence-corrected chi connectivity index (χ2v) is 5.76. The van der Waals surface area contributed by atoms with E-state index >= 15 is 0 Å². The van der Waals surface area contributed by atoms with E-state index in [1.165, 1.54) is 4.88 Å². The van der Waals surface area contributed by atoms with Crippen LogP contribution in [0.3, 0.4) is 0 Å². The summed E-state index contributed by atoms with van der Waals surface area (Å²) in [6, 6.07) is 2.10. The van der Waals surface area contributed by atoms with Crippen molar-refractivity contribution in [1.29, 1.82) is 0 Å². The van der Waals surface area contributed by atoms with Crippen LogP contribution in [0, 0.1) is 6.92 Å². The molecule has 0 amide bonds. The lowest BCUT2D eigenvalue weighted by Gasteiger charge is -2.07. The van der Waals surface area contributed by atoms with Gasteiger partial charge in [-0.2, -0.15) is 16.7 Å². The largest absolute Gasteiger partial charge is 0.369 e. The summed E-state index contributed by atoms with van der Waals surface area (Å²) in [5, 5.41) is 4.38. The fraction of sp³-hybridized carbons (Fsp3) is 0.400. The van der Waals surface area contributed by atoms with E-state index in [-0.39, 0.29) is 0 Å². The molecule has 7 heteroatoms. The molecule has 2 heterocycles. The Bertz CT molecular complexity index is 511. The van der Waals surface area contributed by atoms with Crippen LogP contribution in [0.15, 0.2) is 6.07 Å². The Hall–Kier alpha value is -1.05. The number of thioether (sulfide) groups is 1. The van der Waals surface area contributed by atoms with Gasteiger partial charge in [0.05, 0.1) is 5.39 Å². The van der Waals surface area contributed by atoms with Gasteiger partial charge in [0.2, 0.25) is 5.95 Å². The first-order valence-corrected chi connectivity index (χ1v) is 7.43. The zero-order chi connectivity index (χ0) is 12.3. The molecular formula is C10H15N5S2. The van der Waals surface area contributed by atoms with Crippen LogP contribution in [0.2, 0.25) is 0 Å². The summed E-state index contributed by atoms with van der Waals surface area (Å²) in [7, 11) is 0. The molecule has 0 saturated heterocycles. The first kappa shape index (κ1) is 12.4. The zero-order valence-corrected chi connectivity index (χ0v) is 11.4. The molecule has 0 bridgehead atoms. The maximum atomic E-state index is 5.37. The predicted octanol–water partition coefficient (Wildman–Crippen LogP) is 2.06. The van der Waals surface area contributed by atoms with Crippen LogP contribution in [-0.2, 0) is 0 Å². The van der Waals surface area contributed by atoms with Gasteiger partial charge in [0.1, 0.15) is 10.6 Å². The molecule has 0 unspecified atom stereocenters. The van der Waals surface area contributed by atoms with Crippen molar-refractivity contribution in [2.24, 2.45) is 5.84 Å². The number of nitrogen functional groups attached to an aromatic ring is 1. The summed E-state index contributed by atoms with van der Waals surface area (Å²) < 4.78 is 0. The van der Waals surface area contributed by atoms with Crippen LogP contribution in [0.4, 0.5) is 11.8 Å². The average Bonchev–Trinajstić information content (AvgIpc) is 2.69. The monoisotopic (exact) mass is 269 g/mol. The lowest BCUT2D eigenvalue weighted by atomic mass is 10.3. The number of hydrogen-bond acceptors (Lipinski definition) is 7. The zero-order valence-electron chi connectivity index (χ0n) is 9.78. The van der Waals surface area contributed by atoms with Crippen LogP contribution >= 0.6 is 23.1 Å². The van der Waals surface area contributed by atoms with Gasteiger partial charge in [-0.05, 0) is 19.2 Å². The van der Waals surface area contributed by atoms with Gasteiger partial charge in [0, 0.05) is 17.2 Å². The van der Waals surface area contributed by atoms with E-state index in [0.29, 0.717) is 5.95 Å². The molecule has 0 radical (unpaired) electrons. The molecule has 2 rings (SSSR count). The Morgan fingerprint density at radius 1 is 1.47 bits per heavy atom. The van der Waals surface area contributed by atoms with Crippen LogP contribution in [0.5, 0.6) is 0 Å². The fourth-order valence-electron chi connectivity index (χ4n) is 1.51. The van der Waals surface area contributed by atoms with E-state index in [0.717, 1.165) is 28.3 Å². The Morgan fingerprint density at radius 2 is 2.29 bits per heavy atom. The molecule has 92 valence electrons. The normalized spacial score (nSPS) is 10.8. The maximum Gasteiger partial charge on any atom is 0.240 e. The van der Waals surface area contributed by atoms with E-state index < -0.39 is 0 Å². The minimum atomic E-state index is 0.450. The number of aromatic nitrogens is 2. The molecular weight excluding hydrogens is 254 g/mol. The highest BCUT2D eigenvalue weighted by Crippen LogP contribution is 2.29. The smallest absolute Gasteiger partial charge is 0.240 e. The molecule has 4 N–H and O–H groups in total. The maximum absolute atomic E-state index is 5.37. The fourth-order valence-corrected chi connectivity index (χ4v) is 2.70. The number of rotatable bonds is 5. The molecule has 0 aromatic carbocycles. The molecule has 0 aliphatic carbocycles. The minimum Gasteiger partial charge on any atom is -0.369 e. The molecule has 0 spiro atoms. The summed E-state index contributed by atoms with van der Waals surface area (Å²) in [5.41, 5.74) is 2.50. The number of hydrazine groups is 1. The lowest BCUT2D eigenvalue weighted by Crippen LogP contribution is -2.13. The van der Waals surface area contributed by atoms with Gasteiger partial charge in [-0.3, -0.25) is 5.43 Å². The van der Waals surface area contributed by atoms with Crippen molar-refractivity contribution >= 4 is 45.1 Å². The molecule has 17 heavy (non-hydrogen) atoms. The van der Waals surface area contributed by atoms with Crippen LogP contribution in [-0.4, -0.2) is 28.5 Å². The number of hydrogen-bond donors (Lipinski definition) is 3. The summed E-state index contributed by atoms with van der Waals surface area (Å²) >= 11 is 3.44. The quantitative estimate of drug-likeness (QED) is 0.438. The summed E-state index contributed by atoms with van der Waals surface area (Å²) in [4.78, 5) is 10.8. The third kappa shape index (κ3) is 2.80. The molecule has 0 atom stereocenters. The average molecular weight is 269 g/mol. The van der Waals surface area contributed by atoms with Crippen molar-refractivity contribution in [2.75, 3.05) is 29.3 Å². The number of nitrogens with two attached hydrogens (primary N) is 1. The number of thiophene rings is 1. The highest BCUT2D eigenvalue weighted by molar-refractivity contribution is 7.98. The number of aryl methyl sites for hydroxylation is 1. The summed E-state index contributed by atoms with van der Waals surface area (Å²) in [6.45, 7) is 2.94. The van der Waals surface area contributed by atoms with Gasteiger partial charge in [0.25, 0.3) is 0 Å². The van der Waals surface area contributed by atoms with Gasteiger partial charge in [-0.15, -0.1) is 11.3 Å². The first-order chi connectivity index (χ1) is 8.24.